The fourth-order valence-corrected chi connectivity index (χ4v) is 10.8. The Balaban J connectivity index is 1.63. The van der Waals surface area contributed by atoms with Crippen molar-refractivity contribution in [1.82, 2.24) is 0 Å². The summed E-state index contributed by atoms with van der Waals surface area (Å²) in [5.74, 6) is -0.400. The van der Waals surface area contributed by atoms with E-state index < -0.39 is 29.0 Å². The zero-order chi connectivity index (χ0) is 25.8. The molecule has 5 aliphatic rings. The average molecular weight is 489 g/mol. The van der Waals surface area contributed by atoms with Crippen molar-refractivity contribution in [1.29, 1.82) is 0 Å². The molecule has 0 radical (unpaired) electrons. The number of allylic oxidation sites excluding steroid dienone is 2. The van der Waals surface area contributed by atoms with E-state index in [9.17, 15) is 25.2 Å². The Labute approximate surface area is 211 Å². The number of fused-ring (bicyclic) bond motifs is 7. The number of aliphatic hydroxyl groups excluding tert-OH is 3. The summed E-state index contributed by atoms with van der Waals surface area (Å²) in [6.07, 6.45) is 8.44. The summed E-state index contributed by atoms with van der Waals surface area (Å²) in [7, 11) is 0. The van der Waals surface area contributed by atoms with Crippen molar-refractivity contribution >= 4 is 5.97 Å². The van der Waals surface area contributed by atoms with Crippen molar-refractivity contribution in [2.24, 2.45) is 50.2 Å². The molecule has 0 bridgehead atoms. The van der Waals surface area contributed by atoms with Gasteiger partial charge in [-0.05, 0) is 91.3 Å². The van der Waals surface area contributed by atoms with E-state index in [0.29, 0.717) is 25.2 Å². The smallest absolute Gasteiger partial charge is 0.310 e. The highest BCUT2D eigenvalue weighted by atomic mass is 16.4. The molecule has 5 aliphatic carbocycles. The van der Waals surface area contributed by atoms with Crippen LogP contribution in [0.4, 0.5) is 0 Å². The fourth-order valence-electron chi connectivity index (χ4n) is 10.8. The first-order valence-electron chi connectivity index (χ1n) is 14.0. The van der Waals surface area contributed by atoms with Crippen LogP contribution < -0.4 is 0 Å². The number of aliphatic carboxylic acids is 1. The van der Waals surface area contributed by atoms with E-state index >= 15 is 0 Å². The Morgan fingerprint density at radius 3 is 2.26 bits per heavy atom. The lowest BCUT2D eigenvalue weighted by Crippen LogP contribution is -2.69. The zero-order valence-corrected chi connectivity index (χ0v) is 22.7. The molecule has 0 spiro atoms. The molecule has 0 amide bonds. The highest BCUT2D eigenvalue weighted by molar-refractivity contribution is 5.76. The van der Waals surface area contributed by atoms with E-state index in [4.69, 9.17) is 0 Å². The molecular formula is C30H48O5. The van der Waals surface area contributed by atoms with Crippen LogP contribution in [0.3, 0.4) is 0 Å². The molecule has 0 aromatic carbocycles. The Kier molecular flexibility index (Phi) is 5.56. The largest absolute Gasteiger partial charge is 0.481 e. The van der Waals surface area contributed by atoms with Crippen LogP contribution in [0.2, 0.25) is 0 Å². The quantitative estimate of drug-likeness (QED) is 0.402. The minimum atomic E-state index is -0.711. The molecule has 5 heteroatoms. The monoisotopic (exact) mass is 488 g/mol. The SMILES string of the molecule is CC1(C)CCC2(C(=O)O)CCC3(C)C(=CCC4C5(C)CCC(O)C(C)(CO)C5C(O)CC43C)C2C1. The van der Waals surface area contributed by atoms with Crippen LogP contribution in [0, 0.1) is 50.2 Å². The van der Waals surface area contributed by atoms with Crippen LogP contribution in [-0.4, -0.2) is 45.2 Å². The van der Waals surface area contributed by atoms with Gasteiger partial charge >= 0.3 is 5.97 Å². The van der Waals surface area contributed by atoms with Gasteiger partial charge in [0, 0.05) is 11.3 Å². The first-order chi connectivity index (χ1) is 16.1. The highest BCUT2D eigenvalue weighted by Crippen LogP contribution is 2.75. The maximum Gasteiger partial charge on any atom is 0.310 e. The molecule has 0 aromatic rings. The summed E-state index contributed by atoms with van der Waals surface area (Å²) in [5.41, 5.74) is -0.397. The number of carboxylic acids is 1. The molecule has 4 fully saturated rings. The molecule has 35 heavy (non-hydrogen) atoms. The second-order valence-corrected chi connectivity index (χ2v) is 15.1. The third kappa shape index (κ3) is 3.07. The molecule has 0 aliphatic heterocycles. The van der Waals surface area contributed by atoms with Crippen LogP contribution >= 0.6 is 0 Å². The number of hydrogen-bond donors (Lipinski definition) is 4. The lowest BCUT2D eigenvalue weighted by atomic mass is 9.33. The van der Waals surface area contributed by atoms with Gasteiger partial charge in [-0.3, -0.25) is 4.79 Å². The van der Waals surface area contributed by atoms with Crippen molar-refractivity contribution in [2.75, 3.05) is 6.61 Å². The summed E-state index contributed by atoms with van der Waals surface area (Å²) in [6, 6.07) is 0. The normalized spacial score (nSPS) is 55.0. The number of hydrogen-bond acceptors (Lipinski definition) is 4. The first kappa shape index (κ1) is 25.7. The molecule has 4 N–H and O–H groups in total. The Morgan fingerprint density at radius 1 is 0.971 bits per heavy atom. The molecule has 0 aromatic heterocycles. The van der Waals surface area contributed by atoms with Crippen molar-refractivity contribution < 1.29 is 25.2 Å². The third-order valence-electron chi connectivity index (χ3n) is 13.1. The predicted molar refractivity (Wildman–Crippen MR) is 135 cm³/mol. The summed E-state index contributed by atoms with van der Waals surface area (Å²) < 4.78 is 0. The Bertz CT molecular complexity index is 941. The van der Waals surface area contributed by atoms with Gasteiger partial charge in [0.15, 0.2) is 0 Å². The van der Waals surface area contributed by atoms with E-state index in [1.807, 2.05) is 6.92 Å². The number of rotatable bonds is 2. The van der Waals surface area contributed by atoms with Crippen LogP contribution in [0.1, 0.15) is 99.3 Å². The van der Waals surface area contributed by atoms with E-state index in [1.165, 1.54) is 5.57 Å². The van der Waals surface area contributed by atoms with Gasteiger partial charge in [-0.2, -0.15) is 0 Å². The Morgan fingerprint density at radius 2 is 1.63 bits per heavy atom. The highest BCUT2D eigenvalue weighted by Gasteiger charge is 2.71. The van der Waals surface area contributed by atoms with Crippen LogP contribution in [0.25, 0.3) is 0 Å². The van der Waals surface area contributed by atoms with Gasteiger partial charge in [-0.1, -0.05) is 53.2 Å². The summed E-state index contributed by atoms with van der Waals surface area (Å²) in [6.45, 7) is 13.5. The third-order valence-corrected chi connectivity index (χ3v) is 13.1. The summed E-state index contributed by atoms with van der Waals surface area (Å²) in [5, 5.41) is 43.6. The predicted octanol–water partition coefficient (Wildman–Crippen LogP) is 5.18. The van der Waals surface area contributed by atoms with Crippen molar-refractivity contribution in [3.63, 3.8) is 0 Å². The van der Waals surface area contributed by atoms with Gasteiger partial charge in [0.2, 0.25) is 0 Å². The standard InChI is InChI=1S/C30H48O5/c1-25(2)11-13-30(24(34)35)14-12-28(5)18(19(30)15-25)7-8-21-26(3)10-9-22(33)27(4,17-31)23(26)20(32)16-29(21,28)6/h7,19-23,31-33H,8-17H2,1-6H3,(H,34,35). The minimum Gasteiger partial charge on any atom is -0.481 e. The molecule has 10 unspecified atom stereocenters. The molecule has 5 rings (SSSR count). The van der Waals surface area contributed by atoms with E-state index in [1.54, 1.807) is 0 Å². The molecule has 4 saturated carbocycles. The van der Waals surface area contributed by atoms with Crippen LogP contribution in [-0.2, 0) is 4.79 Å². The minimum absolute atomic E-state index is 0.0545. The van der Waals surface area contributed by atoms with Crippen molar-refractivity contribution in [3.8, 4) is 0 Å². The molecule has 0 heterocycles. The van der Waals surface area contributed by atoms with Crippen molar-refractivity contribution in [2.45, 2.75) is 112 Å². The van der Waals surface area contributed by atoms with E-state index in [-0.39, 0.29) is 40.1 Å². The number of carboxylic acid groups (broad SMARTS) is 1. The van der Waals surface area contributed by atoms with Gasteiger partial charge in [-0.25, -0.2) is 0 Å². The Hall–Kier alpha value is -0.910. The molecule has 10 atom stereocenters. The zero-order valence-electron chi connectivity index (χ0n) is 22.7. The van der Waals surface area contributed by atoms with Gasteiger partial charge in [0.25, 0.3) is 0 Å². The maximum absolute atomic E-state index is 12.8. The topological polar surface area (TPSA) is 98.0 Å². The van der Waals surface area contributed by atoms with Gasteiger partial charge in [-0.15, -0.1) is 0 Å². The van der Waals surface area contributed by atoms with Gasteiger partial charge in [0.1, 0.15) is 0 Å². The second kappa shape index (κ2) is 7.57. The average Bonchev–Trinajstić information content (AvgIpc) is 2.76. The molecule has 0 saturated heterocycles. The first-order valence-corrected chi connectivity index (χ1v) is 14.0. The van der Waals surface area contributed by atoms with Gasteiger partial charge < -0.3 is 20.4 Å². The van der Waals surface area contributed by atoms with Crippen LogP contribution in [0.15, 0.2) is 11.6 Å². The maximum atomic E-state index is 12.8. The fraction of sp³-hybridized carbons (Fsp3) is 0.900. The lowest BCUT2D eigenvalue weighted by molar-refractivity contribution is -0.252. The number of aliphatic hydroxyl groups is 3. The number of carbonyl (C=O) groups is 1. The lowest BCUT2D eigenvalue weighted by Gasteiger charge is -2.72. The van der Waals surface area contributed by atoms with E-state index in [2.05, 4.69) is 40.7 Å². The summed E-state index contributed by atoms with van der Waals surface area (Å²) in [4.78, 5) is 12.8. The van der Waals surface area contributed by atoms with Gasteiger partial charge in [0.05, 0.1) is 24.2 Å². The molecular weight excluding hydrogens is 440 g/mol. The second-order valence-electron chi connectivity index (χ2n) is 15.1. The van der Waals surface area contributed by atoms with Crippen molar-refractivity contribution in [3.05, 3.63) is 11.6 Å². The van der Waals surface area contributed by atoms with E-state index in [0.717, 1.165) is 38.5 Å². The molecule has 198 valence electrons. The molecule has 5 nitrogen and oxygen atoms in total. The van der Waals surface area contributed by atoms with Crippen LogP contribution in [0.5, 0.6) is 0 Å². The summed E-state index contributed by atoms with van der Waals surface area (Å²) >= 11 is 0.